The quantitative estimate of drug-likeness (QED) is 0.676. The van der Waals surface area contributed by atoms with Gasteiger partial charge in [0.15, 0.2) is 0 Å². The van der Waals surface area contributed by atoms with Gasteiger partial charge in [0.05, 0.1) is 5.56 Å². The second-order valence-electron chi connectivity index (χ2n) is 6.22. The first kappa shape index (κ1) is 15.9. The summed E-state index contributed by atoms with van der Waals surface area (Å²) in [5.74, 6) is 1.64. The lowest BCUT2D eigenvalue weighted by Crippen LogP contribution is -2.47. The van der Waals surface area contributed by atoms with Gasteiger partial charge in [-0.1, -0.05) is 32.9 Å². The van der Waals surface area contributed by atoms with Crippen molar-refractivity contribution in [1.82, 2.24) is 5.32 Å². The smallest absolute Gasteiger partial charge is 0.252 e. The highest BCUT2D eigenvalue weighted by Gasteiger charge is 2.32. The molecule has 0 radical (unpaired) electrons. The SMILES string of the molecule is CC1CC(C)C(NC(=O)c2ccccc2SC#N)C(C)C1. The summed E-state index contributed by atoms with van der Waals surface area (Å²) in [5.41, 5.74) is 0.599. The number of nitrogens with one attached hydrogen (secondary N) is 1. The molecule has 1 fully saturated rings. The van der Waals surface area contributed by atoms with Gasteiger partial charge in [-0.2, -0.15) is 5.26 Å². The first-order valence-corrected chi connectivity index (χ1v) is 8.30. The Morgan fingerprint density at radius 2 is 1.86 bits per heavy atom. The van der Waals surface area contributed by atoms with Crippen molar-refractivity contribution in [2.45, 2.75) is 44.6 Å². The van der Waals surface area contributed by atoms with Crippen molar-refractivity contribution < 1.29 is 4.79 Å². The molecule has 21 heavy (non-hydrogen) atoms. The van der Waals surface area contributed by atoms with E-state index in [-0.39, 0.29) is 11.9 Å². The van der Waals surface area contributed by atoms with Gasteiger partial charge in [-0.15, -0.1) is 0 Å². The predicted molar refractivity (Wildman–Crippen MR) is 85.9 cm³/mol. The molecule has 0 saturated heterocycles. The van der Waals surface area contributed by atoms with Crippen molar-refractivity contribution in [3.63, 3.8) is 0 Å². The van der Waals surface area contributed by atoms with Gasteiger partial charge in [0.2, 0.25) is 0 Å². The van der Waals surface area contributed by atoms with Crippen molar-refractivity contribution in [2.75, 3.05) is 0 Å². The Kier molecular flexibility index (Phi) is 5.30. The average molecular weight is 302 g/mol. The fourth-order valence-corrected chi connectivity index (χ4v) is 4.04. The number of thiocyanates is 1. The number of benzene rings is 1. The van der Waals surface area contributed by atoms with Gasteiger partial charge in [-0.05, 0) is 54.5 Å². The van der Waals surface area contributed by atoms with E-state index in [0.29, 0.717) is 17.4 Å². The number of rotatable bonds is 3. The first-order chi connectivity index (χ1) is 10.0. The van der Waals surface area contributed by atoms with Gasteiger partial charge in [0.25, 0.3) is 5.91 Å². The minimum atomic E-state index is -0.0633. The topological polar surface area (TPSA) is 52.9 Å². The number of nitrogens with zero attached hydrogens (tertiary/aromatic N) is 1. The zero-order valence-electron chi connectivity index (χ0n) is 12.8. The van der Waals surface area contributed by atoms with Crippen LogP contribution in [0.5, 0.6) is 0 Å². The highest BCUT2D eigenvalue weighted by atomic mass is 32.2. The zero-order valence-corrected chi connectivity index (χ0v) is 13.6. The fraction of sp³-hybridized carbons (Fsp3) is 0.529. The molecule has 0 bridgehead atoms. The summed E-state index contributed by atoms with van der Waals surface area (Å²) in [4.78, 5) is 13.3. The molecule has 112 valence electrons. The number of carbonyl (C=O) groups is 1. The number of thioether (sulfide) groups is 1. The third-order valence-corrected chi connectivity index (χ3v) is 5.03. The Morgan fingerprint density at radius 1 is 1.24 bits per heavy atom. The summed E-state index contributed by atoms with van der Waals surface area (Å²) >= 11 is 1.04. The molecule has 2 unspecified atom stereocenters. The van der Waals surface area contributed by atoms with Crippen LogP contribution in [0.2, 0.25) is 0 Å². The molecule has 1 saturated carbocycles. The Labute approximate surface area is 131 Å². The largest absolute Gasteiger partial charge is 0.349 e. The molecule has 1 aromatic carbocycles. The van der Waals surface area contributed by atoms with Gasteiger partial charge in [-0.3, -0.25) is 4.79 Å². The molecule has 3 nitrogen and oxygen atoms in total. The number of carbonyl (C=O) groups excluding carboxylic acids is 1. The van der Waals surface area contributed by atoms with Crippen molar-refractivity contribution in [3.05, 3.63) is 29.8 Å². The second kappa shape index (κ2) is 7.00. The van der Waals surface area contributed by atoms with Crippen molar-refractivity contribution in [3.8, 4) is 5.40 Å². The van der Waals surface area contributed by atoms with E-state index in [0.717, 1.165) is 35.4 Å². The zero-order chi connectivity index (χ0) is 15.4. The molecule has 0 spiro atoms. The minimum Gasteiger partial charge on any atom is -0.349 e. The third kappa shape index (κ3) is 3.79. The summed E-state index contributed by atoms with van der Waals surface area (Å²) in [7, 11) is 0. The van der Waals surface area contributed by atoms with Crippen LogP contribution in [0.25, 0.3) is 0 Å². The molecule has 2 atom stereocenters. The molecule has 4 heteroatoms. The summed E-state index contributed by atoms with van der Waals surface area (Å²) in [6, 6.07) is 7.51. The number of amides is 1. The molecule has 1 N–H and O–H groups in total. The molecular weight excluding hydrogens is 280 g/mol. The van der Waals surface area contributed by atoms with Crippen LogP contribution in [-0.2, 0) is 0 Å². The number of hydrogen-bond acceptors (Lipinski definition) is 3. The van der Waals surface area contributed by atoms with Crippen molar-refractivity contribution in [2.24, 2.45) is 17.8 Å². The van der Waals surface area contributed by atoms with Gasteiger partial charge in [0, 0.05) is 10.9 Å². The van der Waals surface area contributed by atoms with Gasteiger partial charge in [0.1, 0.15) is 5.40 Å². The van der Waals surface area contributed by atoms with Crippen LogP contribution >= 0.6 is 11.8 Å². The highest BCUT2D eigenvalue weighted by Crippen LogP contribution is 2.33. The van der Waals surface area contributed by atoms with Crippen molar-refractivity contribution in [1.29, 1.82) is 5.26 Å². The molecule has 1 amide bonds. The van der Waals surface area contributed by atoms with Crippen LogP contribution in [0.1, 0.15) is 44.0 Å². The Balaban J connectivity index is 2.13. The maximum Gasteiger partial charge on any atom is 0.252 e. The number of hydrogen-bond donors (Lipinski definition) is 1. The van der Waals surface area contributed by atoms with E-state index >= 15 is 0 Å². The van der Waals surface area contributed by atoms with Crippen LogP contribution in [0.4, 0.5) is 0 Å². The van der Waals surface area contributed by atoms with Gasteiger partial charge in [-0.25, -0.2) is 0 Å². The van der Waals surface area contributed by atoms with Gasteiger partial charge >= 0.3 is 0 Å². The molecule has 2 rings (SSSR count). The van der Waals surface area contributed by atoms with E-state index < -0.39 is 0 Å². The van der Waals surface area contributed by atoms with E-state index in [1.165, 1.54) is 0 Å². The van der Waals surface area contributed by atoms with E-state index in [4.69, 9.17) is 5.26 Å². The summed E-state index contributed by atoms with van der Waals surface area (Å²) in [6.07, 6.45) is 2.31. The Morgan fingerprint density at radius 3 is 2.48 bits per heavy atom. The maximum absolute atomic E-state index is 12.5. The lowest BCUT2D eigenvalue weighted by molar-refractivity contribution is 0.0851. The standard InChI is InChI=1S/C17H22N2OS/c1-11-8-12(2)16(13(3)9-11)19-17(20)14-6-4-5-7-15(14)21-10-18/h4-7,11-13,16H,8-9H2,1-3H3,(H,19,20). The summed E-state index contributed by atoms with van der Waals surface area (Å²) < 4.78 is 0. The monoisotopic (exact) mass is 302 g/mol. The molecule has 0 heterocycles. The van der Waals surface area contributed by atoms with Gasteiger partial charge < -0.3 is 5.32 Å². The molecule has 0 aromatic heterocycles. The van der Waals surface area contributed by atoms with Crippen LogP contribution in [0.15, 0.2) is 29.2 Å². The summed E-state index contributed by atoms with van der Waals surface area (Å²) in [6.45, 7) is 6.71. The van der Waals surface area contributed by atoms with Crippen LogP contribution in [-0.4, -0.2) is 11.9 Å². The minimum absolute atomic E-state index is 0.0633. The molecule has 1 aromatic rings. The maximum atomic E-state index is 12.5. The Bertz CT molecular complexity index is 540. The van der Waals surface area contributed by atoms with E-state index in [1.807, 2.05) is 23.6 Å². The second-order valence-corrected chi connectivity index (χ2v) is 7.05. The number of nitriles is 1. The van der Waals surface area contributed by atoms with E-state index in [2.05, 4.69) is 26.1 Å². The lowest BCUT2D eigenvalue weighted by Gasteiger charge is -2.38. The predicted octanol–water partition coefficient (Wildman–Crippen LogP) is 4.06. The van der Waals surface area contributed by atoms with Crippen molar-refractivity contribution >= 4 is 17.7 Å². The molecule has 0 aliphatic heterocycles. The molecule has 1 aliphatic rings. The fourth-order valence-electron chi connectivity index (χ4n) is 3.53. The summed E-state index contributed by atoms with van der Waals surface area (Å²) in [5, 5.41) is 14.1. The van der Waals surface area contributed by atoms with Crippen LogP contribution < -0.4 is 5.32 Å². The van der Waals surface area contributed by atoms with E-state index in [1.54, 1.807) is 6.07 Å². The Hall–Kier alpha value is -1.47. The normalized spacial score (nSPS) is 28.7. The van der Waals surface area contributed by atoms with Crippen LogP contribution in [0.3, 0.4) is 0 Å². The average Bonchev–Trinajstić information content (AvgIpc) is 2.43. The van der Waals surface area contributed by atoms with E-state index in [9.17, 15) is 4.79 Å². The molecular formula is C17H22N2OS. The van der Waals surface area contributed by atoms with Crippen LogP contribution in [0, 0.1) is 28.4 Å². The lowest BCUT2D eigenvalue weighted by atomic mass is 9.73. The third-order valence-electron chi connectivity index (χ3n) is 4.36. The molecule has 1 aliphatic carbocycles. The highest BCUT2D eigenvalue weighted by molar-refractivity contribution is 8.03. The first-order valence-electron chi connectivity index (χ1n) is 7.48.